The van der Waals surface area contributed by atoms with Crippen molar-refractivity contribution < 1.29 is 9.50 Å². The first-order valence-corrected chi connectivity index (χ1v) is 5.90. The van der Waals surface area contributed by atoms with E-state index < -0.39 is 6.10 Å². The topological polar surface area (TPSA) is 32.3 Å². The molecule has 2 N–H and O–H groups in total. The van der Waals surface area contributed by atoms with Crippen molar-refractivity contribution in [1.82, 2.24) is 5.32 Å². The van der Waals surface area contributed by atoms with Crippen LogP contribution in [0.4, 0.5) is 4.39 Å². The van der Waals surface area contributed by atoms with Gasteiger partial charge in [0.1, 0.15) is 5.82 Å². The predicted octanol–water partition coefficient (Wildman–Crippen LogP) is 2.51. The second kappa shape index (κ2) is 5.13. The van der Waals surface area contributed by atoms with E-state index in [1.165, 1.54) is 18.2 Å². The summed E-state index contributed by atoms with van der Waals surface area (Å²) < 4.78 is 13.5. The standard InChI is InChI=1S/C12H15ClFNO/c13-9-1-2-11(14)10(7-9)12(16)8-3-5-15-6-4-8/h1-2,7-8,12,15-16H,3-6H2. The van der Waals surface area contributed by atoms with Gasteiger partial charge in [-0.3, -0.25) is 0 Å². The number of aliphatic hydroxyl groups is 1. The van der Waals surface area contributed by atoms with Gasteiger partial charge >= 0.3 is 0 Å². The number of rotatable bonds is 2. The maximum Gasteiger partial charge on any atom is 0.129 e. The average molecular weight is 244 g/mol. The number of halogens is 2. The number of hydrogen-bond acceptors (Lipinski definition) is 2. The van der Waals surface area contributed by atoms with Crippen LogP contribution in [0.2, 0.25) is 5.02 Å². The van der Waals surface area contributed by atoms with Gasteiger partial charge in [-0.15, -0.1) is 0 Å². The van der Waals surface area contributed by atoms with Crippen molar-refractivity contribution in [3.05, 3.63) is 34.6 Å². The van der Waals surface area contributed by atoms with Crippen molar-refractivity contribution in [2.45, 2.75) is 18.9 Å². The SMILES string of the molecule is OC(c1cc(Cl)ccc1F)C1CCNCC1. The third-order valence-corrected chi connectivity index (χ3v) is 3.34. The Labute approximate surface area is 99.4 Å². The zero-order valence-corrected chi connectivity index (χ0v) is 9.67. The van der Waals surface area contributed by atoms with Crippen LogP contribution in [0.25, 0.3) is 0 Å². The summed E-state index contributed by atoms with van der Waals surface area (Å²) in [6, 6.07) is 4.32. The Hall–Kier alpha value is -0.640. The normalized spacial score (nSPS) is 19.7. The molecule has 1 aliphatic heterocycles. The Morgan fingerprint density at radius 1 is 1.38 bits per heavy atom. The van der Waals surface area contributed by atoms with E-state index in [2.05, 4.69) is 5.32 Å². The van der Waals surface area contributed by atoms with Gasteiger partial charge in [-0.1, -0.05) is 11.6 Å². The zero-order valence-electron chi connectivity index (χ0n) is 8.92. The third-order valence-electron chi connectivity index (χ3n) is 3.11. The minimum atomic E-state index is -0.749. The molecule has 2 nitrogen and oxygen atoms in total. The summed E-state index contributed by atoms with van der Waals surface area (Å²) in [5.41, 5.74) is 0.319. The minimum absolute atomic E-state index is 0.120. The van der Waals surface area contributed by atoms with Gasteiger partial charge in [0.25, 0.3) is 0 Å². The van der Waals surface area contributed by atoms with Crippen LogP contribution < -0.4 is 5.32 Å². The monoisotopic (exact) mass is 243 g/mol. The highest BCUT2D eigenvalue weighted by Gasteiger charge is 2.25. The van der Waals surface area contributed by atoms with E-state index in [-0.39, 0.29) is 11.7 Å². The summed E-state index contributed by atoms with van der Waals surface area (Å²) in [4.78, 5) is 0. The Morgan fingerprint density at radius 3 is 2.75 bits per heavy atom. The largest absolute Gasteiger partial charge is 0.388 e. The highest BCUT2D eigenvalue weighted by atomic mass is 35.5. The molecule has 0 aromatic heterocycles. The Morgan fingerprint density at radius 2 is 2.06 bits per heavy atom. The molecule has 1 fully saturated rings. The van der Waals surface area contributed by atoms with E-state index >= 15 is 0 Å². The minimum Gasteiger partial charge on any atom is -0.388 e. The van der Waals surface area contributed by atoms with Crippen LogP contribution in [0, 0.1) is 11.7 Å². The van der Waals surface area contributed by atoms with Crippen molar-refractivity contribution in [3.63, 3.8) is 0 Å². The number of nitrogens with one attached hydrogen (secondary N) is 1. The van der Waals surface area contributed by atoms with Gasteiger partial charge in [-0.25, -0.2) is 4.39 Å². The van der Waals surface area contributed by atoms with Crippen LogP contribution in [0.3, 0.4) is 0 Å². The van der Waals surface area contributed by atoms with Gasteiger partial charge in [-0.05, 0) is 50.0 Å². The van der Waals surface area contributed by atoms with Gasteiger partial charge in [0.2, 0.25) is 0 Å². The molecule has 2 rings (SSSR count). The van der Waals surface area contributed by atoms with E-state index in [0.29, 0.717) is 10.6 Å². The van der Waals surface area contributed by atoms with Gasteiger partial charge in [0, 0.05) is 10.6 Å². The first-order valence-electron chi connectivity index (χ1n) is 5.52. The molecule has 0 saturated carbocycles. The molecule has 1 aromatic rings. The molecular weight excluding hydrogens is 229 g/mol. The van der Waals surface area contributed by atoms with Crippen LogP contribution >= 0.6 is 11.6 Å². The van der Waals surface area contributed by atoms with E-state index in [4.69, 9.17) is 11.6 Å². The van der Waals surface area contributed by atoms with Gasteiger partial charge < -0.3 is 10.4 Å². The summed E-state index contributed by atoms with van der Waals surface area (Å²) in [6.07, 6.45) is 0.987. The number of piperidine rings is 1. The second-order valence-electron chi connectivity index (χ2n) is 4.20. The number of aliphatic hydroxyl groups excluding tert-OH is 1. The van der Waals surface area contributed by atoms with Gasteiger partial charge in [-0.2, -0.15) is 0 Å². The van der Waals surface area contributed by atoms with Crippen LogP contribution in [-0.4, -0.2) is 18.2 Å². The van der Waals surface area contributed by atoms with E-state index in [1.807, 2.05) is 0 Å². The van der Waals surface area contributed by atoms with Crippen molar-refractivity contribution in [3.8, 4) is 0 Å². The molecule has 1 unspecified atom stereocenters. The maximum atomic E-state index is 13.5. The summed E-state index contributed by atoms with van der Waals surface area (Å²) in [5, 5.41) is 13.8. The molecular formula is C12H15ClFNO. The predicted molar refractivity (Wildman–Crippen MR) is 62.0 cm³/mol. The molecule has 0 radical (unpaired) electrons. The van der Waals surface area contributed by atoms with Crippen LogP contribution in [-0.2, 0) is 0 Å². The summed E-state index contributed by atoms with van der Waals surface area (Å²) in [7, 11) is 0. The summed E-state index contributed by atoms with van der Waals surface area (Å²) in [6.45, 7) is 1.76. The lowest BCUT2D eigenvalue weighted by atomic mass is 9.88. The molecule has 1 aliphatic rings. The Balaban J connectivity index is 2.18. The molecule has 1 saturated heterocycles. The van der Waals surface area contributed by atoms with Crippen molar-refractivity contribution in [2.24, 2.45) is 5.92 Å². The highest BCUT2D eigenvalue weighted by molar-refractivity contribution is 6.30. The number of hydrogen-bond donors (Lipinski definition) is 2. The Kier molecular flexibility index (Phi) is 3.79. The molecule has 0 bridgehead atoms. The fraction of sp³-hybridized carbons (Fsp3) is 0.500. The van der Waals surface area contributed by atoms with Crippen molar-refractivity contribution in [2.75, 3.05) is 13.1 Å². The summed E-state index contributed by atoms with van der Waals surface area (Å²) >= 11 is 5.81. The molecule has 4 heteroatoms. The Bertz CT molecular complexity index is 366. The van der Waals surface area contributed by atoms with Crippen molar-refractivity contribution >= 4 is 11.6 Å². The van der Waals surface area contributed by atoms with Crippen LogP contribution in [0.5, 0.6) is 0 Å². The molecule has 0 spiro atoms. The molecule has 0 aliphatic carbocycles. The fourth-order valence-electron chi connectivity index (χ4n) is 2.16. The zero-order chi connectivity index (χ0) is 11.5. The molecule has 1 heterocycles. The van der Waals surface area contributed by atoms with E-state index in [9.17, 15) is 9.50 Å². The smallest absolute Gasteiger partial charge is 0.129 e. The lowest BCUT2D eigenvalue weighted by Gasteiger charge is -2.27. The molecule has 16 heavy (non-hydrogen) atoms. The summed E-state index contributed by atoms with van der Waals surface area (Å²) in [5.74, 6) is -0.260. The van der Waals surface area contributed by atoms with Gasteiger partial charge in [0.05, 0.1) is 6.10 Å². The van der Waals surface area contributed by atoms with E-state index in [0.717, 1.165) is 25.9 Å². The average Bonchev–Trinajstić information content (AvgIpc) is 2.32. The van der Waals surface area contributed by atoms with Crippen LogP contribution in [0.1, 0.15) is 24.5 Å². The third kappa shape index (κ3) is 2.54. The molecule has 1 atom stereocenters. The molecule has 0 amide bonds. The lowest BCUT2D eigenvalue weighted by Crippen LogP contribution is -2.31. The second-order valence-corrected chi connectivity index (χ2v) is 4.63. The lowest BCUT2D eigenvalue weighted by molar-refractivity contribution is 0.0856. The van der Waals surface area contributed by atoms with Crippen LogP contribution in [0.15, 0.2) is 18.2 Å². The molecule has 88 valence electrons. The first-order chi connectivity index (χ1) is 7.68. The highest BCUT2D eigenvalue weighted by Crippen LogP contribution is 2.31. The van der Waals surface area contributed by atoms with E-state index in [1.54, 1.807) is 0 Å². The quantitative estimate of drug-likeness (QED) is 0.837. The first kappa shape index (κ1) is 11.8. The van der Waals surface area contributed by atoms with Crippen molar-refractivity contribution in [1.29, 1.82) is 0 Å². The fourth-order valence-corrected chi connectivity index (χ4v) is 2.34. The maximum absolute atomic E-state index is 13.5. The molecule has 1 aromatic carbocycles. The van der Waals surface area contributed by atoms with Gasteiger partial charge in [0.15, 0.2) is 0 Å². The number of benzene rings is 1.